The van der Waals surface area contributed by atoms with Crippen molar-refractivity contribution in [1.82, 2.24) is 14.9 Å². The Morgan fingerprint density at radius 3 is 2.50 bits per heavy atom. The van der Waals surface area contributed by atoms with Crippen molar-refractivity contribution in [2.45, 2.75) is 32.6 Å². The lowest BCUT2D eigenvalue weighted by Gasteiger charge is -2.20. The van der Waals surface area contributed by atoms with Gasteiger partial charge < -0.3 is 15.1 Å². The van der Waals surface area contributed by atoms with Gasteiger partial charge in [-0.3, -0.25) is 0 Å². The van der Waals surface area contributed by atoms with Crippen LogP contribution in [-0.2, 0) is 12.8 Å². The average molecular weight is 351 g/mol. The third-order valence-electron chi connectivity index (χ3n) is 5.24. The van der Waals surface area contributed by atoms with E-state index >= 15 is 0 Å². The number of aryl methyl sites for hydroxylation is 1. The second-order valence-electron chi connectivity index (χ2n) is 7.01. The molecule has 6 nitrogen and oxygen atoms in total. The molecular weight excluding hydrogens is 326 g/mol. The molecule has 26 heavy (non-hydrogen) atoms. The van der Waals surface area contributed by atoms with Crippen LogP contribution in [0.3, 0.4) is 0 Å². The molecule has 0 atom stereocenters. The Hall–Kier alpha value is -2.63. The molecule has 1 saturated heterocycles. The highest BCUT2D eigenvalue weighted by Gasteiger charge is 2.23. The fraction of sp³-hybridized carbons (Fsp3) is 0.450. The van der Waals surface area contributed by atoms with Crippen LogP contribution in [-0.4, -0.2) is 47.1 Å². The van der Waals surface area contributed by atoms with Gasteiger partial charge in [-0.25, -0.2) is 14.8 Å². The highest BCUT2D eigenvalue weighted by Crippen LogP contribution is 2.23. The van der Waals surface area contributed by atoms with Crippen molar-refractivity contribution in [2.75, 3.05) is 36.4 Å². The van der Waals surface area contributed by atoms with E-state index in [1.54, 1.807) is 0 Å². The van der Waals surface area contributed by atoms with Crippen LogP contribution in [0, 0.1) is 6.92 Å². The van der Waals surface area contributed by atoms with Gasteiger partial charge in [-0.2, -0.15) is 0 Å². The Balaban J connectivity index is 1.48. The third-order valence-corrected chi connectivity index (χ3v) is 5.24. The molecule has 2 aromatic rings. The summed E-state index contributed by atoms with van der Waals surface area (Å²) in [6.45, 7) is 5.54. The number of hydrogen-bond donors (Lipinski definition) is 1. The van der Waals surface area contributed by atoms with E-state index in [9.17, 15) is 4.79 Å². The summed E-state index contributed by atoms with van der Waals surface area (Å²) in [4.78, 5) is 26.4. The summed E-state index contributed by atoms with van der Waals surface area (Å²) < 4.78 is 0. The van der Waals surface area contributed by atoms with Crippen LogP contribution in [0.2, 0.25) is 0 Å². The van der Waals surface area contributed by atoms with Gasteiger partial charge in [-0.05, 0) is 43.9 Å². The van der Waals surface area contributed by atoms with Gasteiger partial charge in [0.1, 0.15) is 0 Å². The molecule has 6 heteroatoms. The van der Waals surface area contributed by atoms with E-state index in [4.69, 9.17) is 9.97 Å². The summed E-state index contributed by atoms with van der Waals surface area (Å²) in [5.74, 6) is 0.862. The summed E-state index contributed by atoms with van der Waals surface area (Å²) in [6.07, 6.45) is 4.02. The van der Waals surface area contributed by atoms with Gasteiger partial charge in [0.25, 0.3) is 0 Å². The first kappa shape index (κ1) is 16.8. The standard InChI is InChI=1S/C20H25N5O/c1-15-17-9-13-25(20(26)22-16-7-3-2-4-8-16)14-10-18(17)23-19(21-15)24-11-5-6-12-24/h2-4,7-8H,5-6,9-14H2,1H3,(H,22,26). The van der Waals surface area contributed by atoms with Crippen molar-refractivity contribution in [2.24, 2.45) is 0 Å². The minimum Gasteiger partial charge on any atom is -0.341 e. The van der Waals surface area contributed by atoms with Crippen molar-refractivity contribution in [3.63, 3.8) is 0 Å². The maximum absolute atomic E-state index is 12.6. The molecule has 1 aromatic heterocycles. The normalized spacial score (nSPS) is 17.0. The molecule has 0 bridgehead atoms. The van der Waals surface area contributed by atoms with Gasteiger partial charge in [0.15, 0.2) is 0 Å². The van der Waals surface area contributed by atoms with E-state index in [0.29, 0.717) is 13.1 Å². The molecule has 3 heterocycles. The Bertz CT molecular complexity index is 786. The van der Waals surface area contributed by atoms with Crippen LogP contribution in [0.1, 0.15) is 29.8 Å². The van der Waals surface area contributed by atoms with E-state index in [0.717, 1.165) is 49.0 Å². The largest absolute Gasteiger partial charge is 0.341 e. The maximum atomic E-state index is 12.6. The summed E-state index contributed by atoms with van der Waals surface area (Å²) in [5.41, 5.74) is 4.20. The van der Waals surface area contributed by atoms with Gasteiger partial charge in [-0.1, -0.05) is 18.2 Å². The average Bonchev–Trinajstić information content (AvgIpc) is 3.09. The van der Waals surface area contributed by atoms with E-state index in [2.05, 4.69) is 17.1 Å². The third kappa shape index (κ3) is 3.49. The molecule has 1 N–H and O–H groups in total. The lowest BCUT2D eigenvalue weighted by molar-refractivity contribution is 0.214. The summed E-state index contributed by atoms with van der Waals surface area (Å²) in [7, 11) is 0. The summed E-state index contributed by atoms with van der Waals surface area (Å²) in [6, 6.07) is 9.55. The van der Waals surface area contributed by atoms with Crippen molar-refractivity contribution >= 4 is 17.7 Å². The minimum absolute atomic E-state index is 0.0469. The number of carbonyl (C=O) groups is 1. The molecule has 2 amide bonds. The number of fused-ring (bicyclic) bond motifs is 1. The number of anilines is 2. The van der Waals surface area contributed by atoms with Crippen molar-refractivity contribution < 1.29 is 4.79 Å². The highest BCUT2D eigenvalue weighted by molar-refractivity contribution is 5.89. The van der Waals surface area contributed by atoms with E-state index in [-0.39, 0.29) is 6.03 Å². The zero-order valence-electron chi connectivity index (χ0n) is 15.2. The zero-order chi connectivity index (χ0) is 17.9. The predicted molar refractivity (Wildman–Crippen MR) is 103 cm³/mol. The molecule has 0 saturated carbocycles. The number of hydrogen-bond acceptors (Lipinski definition) is 4. The monoisotopic (exact) mass is 351 g/mol. The van der Waals surface area contributed by atoms with Crippen molar-refractivity contribution in [3.8, 4) is 0 Å². The van der Waals surface area contributed by atoms with Gasteiger partial charge in [0.2, 0.25) is 5.95 Å². The fourth-order valence-electron chi connectivity index (χ4n) is 3.76. The molecule has 0 unspecified atom stereocenters. The Kier molecular flexibility index (Phi) is 4.73. The number of urea groups is 1. The molecule has 2 aliphatic heterocycles. The summed E-state index contributed by atoms with van der Waals surface area (Å²) >= 11 is 0. The van der Waals surface area contributed by atoms with Crippen molar-refractivity contribution in [3.05, 3.63) is 47.3 Å². The van der Waals surface area contributed by atoms with Gasteiger partial charge in [0.05, 0.1) is 5.69 Å². The first-order valence-corrected chi connectivity index (χ1v) is 9.43. The number of aromatic nitrogens is 2. The highest BCUT2D eigenvalue weighted by atomic mass is 16.2. The zero-order valence-corrected chi connectivity index (χ0v) is 15.2. The quantitative estimate of drug-likeness (QED) is 0.903. The number of para-hydroxylation sites is 1. The minimum atomic E-state index is -0.0469. The molecule has 136 valence electrons. The molecular formula is C20H25N5O. The molecule has 2 aliphatic rings. The van der Waals surface area contributed by atoms with E-state index in [1.165, 1.54) is 18.4 Å². The lowest BCUT2D eigenvalue weighted by atomic mass is 10.1. The Morgan fingerprint density at radius 2 is 1.73 bits per heavy atom. The number of nitrogens with zero attached hydrogens (tertiary/aromatic N) is 4. The smallest absolute Gasteiger partial charge is 0.321 e. The molecule has 0 aliphatic carbocycles. The fourth-order valence-corrected chi connectivity index (χ4v) is 3.76. The number of benzene rings is 1. The Labute approximate surface area is 154 Å². The number of carbonyl (C=O) groups excluding carboxylic acids is 1. The van der Waals surface area contributed by atoms with Crippen molar-refractivity contribution in [1.29, 1.82) is 0 Å². The van der Waals surface area contributed by atoms with Crippen LogP contribution in [0.15, 0.2) is 30.3 Å². The van der Waals surface area contributed by atoms with Crippen LogP contribution in [0.25, 0.3) is 0 Å². The SMILES string of the molecule is Cc1nc(N2CCCC2)nc2c1CCN(C(=O)Nc1ccccc1)CC2. The van der Waals surface area contributed by atoms with Crippen LogP contribution >= 0.6 is 0 Å². The predicted octanol–water partition coefficient (Wildman–Crippen LogP) is 3.02. The number of rotatable bonds is 2. The second-order valence-corrected chi connectivity index (χ2v) is 7.01. The van der Waals surface area contributed by atoms with Crippen LogP contribution in [0.5, 0.6) is 0 Å². The van der Waals surface area contributed by atoms with Crippen LogP contribution in [0.4, 0.5) is 16.4 Å². The molecule has 1 fully saturated rings. The number of nitrogens with one attached hydrogen (secondary N) is 1. The van der Waals surface area contributed by atoms with Crippen LogP contribution < -0.4 is 10.2 Å². The lowest BCUT2D eigenvalue weighted by Crippen LogP contribution is -2.36. The second kappa shape index (κ2) is 7.32. The van der Waals surface area contributed by atoms with E-state index in [1.807, 2.05) is 35.2 Å². The molecule has 0 radical (unpaired) electrons. The topological polar surface area (TPSA) is 61.4 Å². The number of amides is 2. The van der Waals surface area contributed by atoms with Gasteiger partial charge in [-0.15, -0.1) is 0 Å². The maximum Gasteiger partial charge on any atom is 0.321 e. The summed E-state index contributed by atoms with van der Waals surface area (Å²) in [5, 5.41) is 2.98. The molecule has 4 rings (SSSR count). The van der Waals surface area contributed by atoms with Gasteiger partial charge in [0, 0.05) is 44.0 Å². The van der Waals surface area contributed by atoms with Gasteiger partial charge >= 0.3 is 6.03 Å². The first-order valence-electron chi connectivity index (χ1n) is 9.43. The molecule has 0 spiro atoms. The first-order chi connectivity index (χ1) is 12.7. The molecule has 1 aromatic carbocycles. The Morgan fingerprint density at radius 1 is 1.00 bits per heavy atom. The van der Waals surface area contributed by atoms with E-state index < -0.39 is 0 Å².